The number of hydrogen-bond acceptors (Lipinski definition) is 3. The van der Waals surface area contributed by atoms with Crippen LogP contribution < -0.4 is 4.72 Å². The van der Waals surface area contributed by atoms with E-state index < -0.39 is 10.0 Å². The second-order valence-electron chi connectivity index (χ2n) is 5.26. The van der Waals surface area contributed by atoms with E-state index in [1.165, 1.54) is 18.2 Å². The minimum absolute atomic E-state index is 0.0151. The number of sulfonamides is 1. The quantitative estimate of drug-likeness (QED) is 0.868. The minimum atomic E-state index is -3.73. The second kappa shape index (κ2) is 6.20. The van der Waals surface area contributed by atoms with Gasteiger partial charge in [0.05, 0.1) is 5.02 Å². The molecule has 0 radical (unpaired) electrons. The van der Waals surface area contributed by atoms with Gasteiger partial charge in [-0.05, 0) is 31.0 Å². The van der Waals surface area contributed by atoms with Gasteiger partial charge in [-0.3, -0.25) is 0 Å². The smallest absolute Gasteiger partial charge is 0.242 e. The summed E-state index contributed by atoms with van der Waals surface area (Å²) in [6.45, 7) is 0.202. The Morgan fingerprint density at radius 1 is 1.25 bits per heavy atom. The summed E-state index contributed by atoms with van der Waals surface area (Å²) < 4.78 is 27.1. The molecule has 1 aromatic rings. The van der Waals surface area contributed by atoms with Crippen LogP contribution in [0, 0.1) is 5.41 Å². The Balaban J connectivity index is 2.17. The van der Waals surface area contributed by atoms with Crippen LogP contribution in [0.5, 0.6) is 0 Å². The van der Waals surface area contributed by atoms with Gasteiger partial charge >= 0.3 is 0 Å². The van der Waals surface area contributed by atoms with E-state index in [4.69, 9.17) is 23.2 Å². The summed E-state index contributed by atoms with van der Waals surface area (Å²) >= 11 is 11.7. The van der Waals surface area contributed by atoms with Gasteiger partial charge in [-0.15, -0.1) is 0 Å². The molecule has 0 unspecified atom stereocenters. The fourth-order valence-electron chi connectivity index (χ4n) is 2.52. The van der Waals surface area contributed by atoms with Gasteiger partial charge in [0, 0.05) is 23.6 Å². The average Bonchev–Trinajstić information content (AvgIpc) is 2.89. The molecule has 112 valence electrons. The van der Waals surface area contributed by atoms with Crippen LogP contribution in [0.4, 0.5) is 0 Å². The average molecular weight is 338 g/mol. The minimum Gasteiger partial charge on any atom is -0.396 e. The van der Waals surface area contributed by atoms with Gasteiger partial charge in [-0.1, -0.05) is 36.0 Å². The third kappa shape index (κ3) is 3.46. The summed E-state index contributed by atoms with van der Waals surface area (Å²) in [6.07, 6.45) is 3.69. The van der Waals surface area contributed by atoms with E-state index in [9.17, 15) is 13.5 Å². The predicted molar refractivity (Wildman–Crippen MR) is 79.6 cm³/mol. The summed E-state index contributed by atoms with van der Waals surface area (Å²) in [4.78, 5) is -0.0299. The van der Waals surface area contributed by atoms with Crippen molar-refractivity contribution in [3.63, 3.8) is 0 Å². The SMILES string of the molecule is O=S(=O)(NCC1(CO)CCCC1)c1cc(Cl)ccc1Cl. The van der Waals surface area contributed by atoms with Crippen molar-refractivity contribution in [2.45, 2.75) is 30.6 Å². The molecular weight excluding hydrogens is 321 g/mol. The fraction of sp³-hybridized carbons (Fsp3) is 0.538. The molecule has 0 heterocycles. The Kier molecular flexibility index (Phi) is 4.97. The van der Waals surface area contributed by atoms with Crippen molar-refractivity contribution in [3.8, 4) is 0 Å². The van der Waals surface area contributed by atoms with Crippen LogP contribution in [0.2, 0.25) is 10.0 Å². The summed E-state index contributed by atoms with van der Waals surface area (Å²) in [7, 11) is -3.73. The van der Waals surface area contributed by atoms with Gasteiger partial charge in [0.1, 0.15) is 4.90 Å². The third-order valence-electron chi connectivity index (χ3n) is 3.82. The van der Waals surface area contributed by atoms with Gasteiger partial charge in [0.15, 0.2) is 0 Å². The summed E-state index contributed by atoms with van der Waals surface area (Å²) in [5, 5.41) is 9.94. The highest BCUT2D eigenvalue weighted by atomic mass is 35.5. The van der Waals surface area contributed by atoms with E-state index in [1.54, 1.807) is 0 Å². The van der Waals surface area contributed by atoms with Crippen molar-refractivity contribution in [1.82, 2.24) is 4.72 Å². The number of nitrogens with one attached hydrogen (secondary N) is 1. The molecule has 0 aromatic heterocycles. The third-order valence-corrected chi connectivity index (χ3v) is 5.94. The molecule has 0 spiro atoms. The first-order chi connectivity index (χ1) is 9.38. The summed E-state index contributed by atoms with van der Waals surface area (Å²) in [6, 6.07) is 4.32. The highest BCUT2D eigenvalue weighted by Crippen LogP contribution is 2.37. The van der Waals surface area contributed by atoms with Crippen molar-refractivity contribution in [1.29, 1.82) is 0 Å². The molecule has 2 rings (SSSR count). The number of hydrogen-bond donors (Lipinski definition) is 2. The van der Waals surface area contributed by atoms with E-state index in [0.29, 0.717) is 5.02 Å². The highest BCUT2D eigenvalue weighted by molar-refractivity contribution is 7.89. The molecule has 1 aliphatic carbocycles. The van der Waals surface area contributed by atoms with Gasteiger partial charge < -0.3 is 5.11 Å². The molecule has 20 heavy (non-hydrogen) atoms. The Hall–Kier alpha value is -0.330. The zero-order valence-corrected chi connectivity index (χ0v) is 13.2. The van der Waals surface area contributed by atoms with Crippen LogP contribution in [-0.2, 0) is 10.0 Å². The molecule has 4 nitrogen and oxygen atoms in total. The number of halogens is 2. The molecule has 0 saturated heterocycles. The zero-order valence-electron chi connectivity index (χ0n) is 10.9. The van der Waals surface area contributed by atoms with Crippen LogP contribution in [0.3, 0.4) is 0 Å². The van der Waals surface area contributed by atoms with Crippen LogP contribution in [-0.4, -0.2) is 26.7 Å². The molecular formula is C13H17Cl2NO3S. The van der Waals surface area contributed by atoms with Crippen molar-refractivity contribution in [2.75, 3.05) is 13.2 Å². The van der Waals surface area contributed by atoms with E-state index in [0.717, 1.165) is 25.7 Å². The maximum Gasteiger partial charge on any atom is 0.242 e. The molecule has 0 bridgehead atoms. The molecule has 0 atom stereocenters. The van der Waals surface area contributed by atoms with Crippen molar-refractivity contribution in [3.05, 3.63) is 28.2 Å². The Labute approximate surface area is 129 Å². The standard InChI is InChI=1S/C13H17Cl2NO3S/c14-10-3-4-11(15)12(7-10)20(18,19)16-8-13(9-17)5-1-2-6-13/h3-4,7,16-17H,1-2,5-6,8-9H2. The lowest BCUT2D eigenvalue weighted by atomic mass is 9.88. The summed E-state index contributed by atoms with van der Waals surface area (Å²) in [5.74, 6) is 0. The van der Waals surface area contributed by atoms with E-state index in [1.807, 2.05) is 0 Å². The normalized spacial score (nSPS) is 18.4. The first kappa shape index (κ1) is 16.0. The monoisotopic (exact) mass is 337 g/mol. The number of aliphatic hydroxyl groups excluding tert-OH is 1. The van der Waals surface area contributed by atoms with E-state index >= 15 is 0 Å². The lowest BCUT2D eigenvalue weighted by Gasteiger charge is -2.26. The lowest BCUT2D eigenvalue weighted by Crippen LogP contribution is -2.38. The van der Waals surface area contributed by atoms with Gasteiger partial charge in [0.25, 0.3) is 0 Å². The van der Waals surface area contributed by atoms with Crippen LogP contribution in [0.15, 0.2) is 23.1 Å². The Morgan fingerprint density at radius 2 is 1.90 bits per heavy atom. The number of aliphatic hydroxyl groups is 1. The van der Waals surface area contributed by atoms with Crippen LogP contribution >= 0.6 is 23.2 Å². The van der Waals surface area contributed by atoms with Crippen LogP contribution in [0.25, 0.3) is 0 Å². The topological polar surface area (TPSA) is 66.4 Å². The largest absolute Gasteiger partial charge is 0.396 e. The summed E-state index contributed by atoms with van der Waals surface area (Å²) in [5.41, 5.74) is -0.349. The predicted octanol–water partition coefficient (Wildman–Crippen LogP) is 2.82. The first-order valence-corrected chi connectivity index (χ1v) is 8.68. The Bertz CT molecular complexity index is 583. The Morgan fingerprint density at radius 3 is 2.50 bits per heavy atom. The molecule has 0 aliphatic heterocycles. The van der Waals surface area contributed by atoms with Gasteiger partial charge in [-0.2, -0.15) is 0 Å². The van der Waals surface area contributed by atoms with Crippen LogP contribution in [0.1, 0.15) is 25.7 Å². The highest BCUT2D eigenvalue weighted by Gasteiger charge is 2.34. The maximum absolute atomic E-state index is 12.3. The molecule has 0 amide bonds. The second-order valence-corrected chi connectivity index (χ2v) is 7.84. The van der Waals surface area contributed by atoms with Crippen molar-refractivity contribution < 1.29 is 13.5 Å². The van der Waals surface area contributed by atoms with Crippen molar-refractivity contribution in [2.24, 2.45) is 5.41 Å². The molecule has 1 aliphatic rings. The van der Waals surface area contributed by atoms with Gasteiger partial charge in [0.2, 0.25) is 10.0 Å². The lowest BCUT2D eigenvalue weighted by molar-refractivity contribution is 0.134. The molecule has 1 fully saturated rings. The first-order valence-electron chi connectivity index (χ1n) is 6.44. The maximum atomic E-state index is 12.3. The molecule has 2 N–H and O–H groups in total. The number of rotatable bonds is 5. The fourth-order valence-corrected chi connectivity index (χ4v) is 4.44. The van der Waals surface area contributed by atoms with Gasteiger partial charge in [-0.25, -0.2) is 13.1 Å². The number of benzene rings is 1. The molecule has 1 aromatic carbocycles. The van der Waals surface area contributed by atoms with Crippen molar-refractivity contribution >= 4 is 33.2 Å². The van der Waals surface area contributed by atoms with E-state index in [2.05, 4.69) is 4.72 Å². The van der Waals surface area contributed by atoms with E-state index in [-0.39, 0.29) is 28.5 Å². The molecule has 7 heteroatoms. The molecule has 1 saturated carbocycles. The zero-order chi connectivity index (χ0) is 14.8.